The maximum absolute atomic E-state index is 11.0. The molecule has 0 saturated carbocycles. The first kappa shape index (κ1) is 21.5. The quantitative estimate of drug-likeness (QED) is 0.453. The van der Waals surface area contributed by atoms with E-state index in [1.165, 1.54) is 22.8 Å². The molecule has 1 heterocycles. The maximum Gasteiger partial charge on any atom is 0.371 e. The lowest BCUT2D eigenvalue weighted by Gasteiger charge is -2.05. The number of benzene rings is 1. The molecular weight excluding hydrogens is 352 g/mol. The zero-order valence-electron chi connectivity index (χ0n) is 17.2. The van der Waals surface area contributed by atoms with Gasteiger partial charge in [0.2, 0.25) is 5.76 Å². The third kappa shape index (κ3) is 7.10. The van der Waals surface area contributed by atoms with Gasteiger partial charge < -0.3 is 14.3 Å². The van der Waals surface area contributed by atoms with Crippen LogP contribution in [0.3, 0.4) is 0 Å². The van der Waals surface area contributed by atoms with Crippen molar-refractivity contribution in [2.45, 2.75) is 53.4 Å². The van der Waals surface area contributed by atoms with Crippen LogP contribution in [0, 0.1) is 0 Å². The molecule has 1 N–H and O–H groups in total. The van der Waals surface area contributed by atoms with Crippen LogP contribution < -0.4 is 4.74 Å². The average molecular weight is 383 g/mol. The Morgan fingerprint density at radius 3 is 2.36 bits per heavy atom. The van der Waals surface area contributed by atoms with Gasteiger partial charge in [0.05, 0.1) is 0 Å². The normalized spacial score (nSPS) is 12.3. The van der Waals surface area contributed by atoms with E-state index in [4.69, 9.17) is 14.3 Å². The van der Waals surface area contributed by atoms with Crippen molar-refractivity contribution in [2.24, 2.45) is 0 Å². The Kier molecular flexibility index (Phi) is 8.12. The monoisotopic (exact) mass is 382 g/mol. The number of rotatable bonds is 10. The number of ether oxygens (including phenoxy) is 1. The molecule has 2 aromatic rings. The van der Waals surface area contributed by atoms with Crippen LogP contribution in [0.5, 0.6) is 5.75 Å². The van der Waals surface area contributed by atoms with Crippen LogP contribution in [-0.4, -0.2) is 17.7 Å². The molecule has 0 atom stereocenters. The van der Waals surface area contributed by atoms with E-state index in [9.17, 15) is 4.79 Å². The number of aromatic carboxylic acids is 1. The molecule has 4 nitrogen and oxygen atoms in total. The van der Waals surface area contributed by atoms with Gasteiger partial charge in [-0.25, -0.2) is 4.79 Å². The van der Waals surface area contributed by atoms with Gasteiger partial charge in [0, 0.05) is 11.5 Å². The van der Waals surface area contributed by atoms with Crippen LogP contribution >= 0.6 is 0 Å². The van der Waals surface area contributed by atoms with Crippen LogP contribution in [0.25, 0.3) is 11.0 Å². The molecule has 2 rings (SSSR count). The van der Waals surface area contributed by atoms with Gasteiger partial charge in [0.1, 0.15) is 17.9 Å². The summed E-state index contributed by atoms with van der Waals surface area (Å²) in [4.78, 5) is 11.0. The van der Waals surface area contributed by atoms with Crippen LogP contribution in [0.15, 0.2) is 63.6 Å². The molecule has 28 heavy (non-hydrogen) atoms. The number of carbonyl (C=O) groups is 1. The summed E-state index contributed by atoms with van der Waals surface area (Å²) in [7, 11) is 0. The summed E-state index contributed by atoms with van der Waals surface area (Å²) in [5, 5.41) is 9.74. The van der Waals surface area contributed by atoms with Crippen molar-refractivity contribution >= 4 is 16.9 Å². The van der Waals surface area contributed by atoms with Gasteiger partial charge in [0.25, 0.3) is 0 Å². The van der Waals surface area contributed by atoms with Gasteiger partial charge in [-0.15, -0.1) is 0 Å². The summed E-state index contributed by atoms with van der Waals surface area (Å²) >= 11 is 0. The minimum atomic E-state index is -1.07. The number of furan rings is 1. The standard InChI is InChI=1S/C24H30O4/c1-17(2)7-5-8-18(3)9-6-10-19(4)13-14-27-21-12-11-20-15-23(24(25)26)28-22(20)16-21/h7,9,11-13,15-16H,5-6,8,10,14H2,1-4H3,(H,25,26)/b18-9+,19-13+. The molecular formula is C24H30O4. The molecule has 0 radical (unpaired) electrons. The average Bonchev–Trinajstić information content (AvgIpc) is 3.05. The molecule has 0 unspecified atom stereocenters. The van der Waals surface area contributed by atoms with Crippen LogP contribution in [0.2, 0.25) is 0 Å². The van der Waals surface area contributed by atoms with Gasteiger partial charge >= 0.3 is 5.97 Å². The first-order chi connectivity index (χ1) is 13.3. The molecule has 0 aliphatic carbocycles. The molecule has 0 amide bonds. The smallest absolute Gasteiger partial charge is 0.371 e. The highest BCUT2D eigenvalue weighted by Crippen LogP contribution is 2.24. The second-order valence-electron chi connectivity index (χ2n) is 7.39. The van der Waals surface area contributed by atoms with Gasteiger partial charge in [0.15, 0.2) is 0 Å². The van der Waals surface area contributed by atoms with E-state index in [1.807, 2.05) is 6.07 Å². The number of allylic oxidation sites excluding steroid dienone is 5. The Labute approximate surface area is 167 Å². The van der Waals surface area contributed by atoms with Crippen molar-refractivity contribution in [1.29, 1.82) is 0 Å². The maximum atomic E-state index is 11.0. The predicted molar refractivity (Wildman–Crippen MR) is 114 cm³/mol. The van der Waals surface area contributed by atoms with Crippen molar-refractivity contribution in [3.8, 4) is 5.75 Å². The number of hydrogen-bond donors (Lipinski definition) is 1. The highest BCUT2D eigenvalue weighted by Gasteiger charge is 2.10. The molecule has 150 valence electrons. The fourth-order valence-electron chi connectivity index (χ4n) is 2.83. The minimum absolute atomic E-state index is 0.0629. The van der Waals surface area contributed by atoms with E-state index >= 15 is 0 Å². The Morgan fingerprint density at radius 1 is 1.00 bits per heavy atom. The summed E-state index contributed by atoms with van der Waals surface area (Å²) in [6.07, 6.45) is 11.0. The lowest BCUT2D eigenvalue weighted by atomic mass is 10.1. The third-order valence-electron chi connectivity index (χ3n) is 4.51. The lowest BCUT2D eigenvalue weighted by Crippen LogP contribution is -1.94. The van der Waals surface area contributed by atoms with E-state index in [2.05, 4.69) is 45.9 Å². The van der Waals surface area contributed by atoms with E-state index in [1.54, 1.807) is 12.1 Å². The van der Waals surface area contributed by atoms with E-state index in [0.717, 1.165) is 31.1 Å². The van der Waals surface area contributed by atoms with Crippen molar-refractivity contribution in [3.63, 3.8) is 0 Å². The van der Waals surface area contributed by atoms with Gasteiger partial charge in [-0.1, -0.05) is 28.9 Å². The fraction of sp³-hybridized carbons (Fsp3) is 0.375. The van der Waals surface area contributed by atoms with E-state index in [0.29, 0.717) is 17.9 Å². The van der Waals surface area contributed by atoms with Gasteiger partial charge in [-0.05, 0) is 77.7 Å². The molecule has 0 saturated heterocycles. The third-order valence-corrected chi connectivity index (χ3v) is 4.51. The fourth-order valence-corrected chi connectivity index (χ4v) is 2.83. The zero-order chi connectivity index (χ0) is 20.5. The van der Waals surface area contributed by atoms with Crippen LogP contribution in [0.4, 0.5) is 0 Å². The molecule has 0 bridgehead atoms. The zero-order valence-corrected chi connectivity index (χ0v) is 17.2. The summed E-state index contributed by atoms with van der Waals surface area (Å²) in [5.74, 6) is -0.469. The van der Waals surface area contributed by atoms with Crippen molar-refractivity contribution in [1.82, 2.24) is 0 Å². The number of carboxylic acids is 1. The van der Waals surface area contributed by atoms with Crippen molar-refractivity contribution in [2.75, 3.05) is 6.61 Å². The van der Waals surface area contributed by atoms with Crippen LogP contribution in [-0.2, 0) is 0 Å². The number of fused-ring (bicyclic) bond motifs is 1. The Bertz CT molecular complexity index is 892. The summed E-state index contributed by atoms with van der Waals surface area (Å²) in [6, 6.07) is 6.87. The second-order valence-corrected chi connectivity index (χ2v) is 7.39. The van der Waals surface area contributed by atoms with E-state index in [-0.39, 0.29) is 5.76 Å². The topological polar surface area (TPSA) is 59.7 Å². The Morgan fingerprint density at radius 2 is 1.68 bits per heavy atom. The molecule has 4 heteroatoms. The summed E-state index contributed by atoms with van der Waals surface area (Å²) in [5.41, 5.74) is 4.62. The summed E-state index contributed by atoms with van der Waals surface area (Å²) in [6.45, 7) is 9.06. The highest BCUT2D eigenvalue weighted by atomic mass is 16.5. The molecule has 1 aromatic carbocycles. The number of carboxylic acid groups (broad SMARTS) is 1. The van der Waals surface area contributed by atoms with E-state index < -0.39 is 5.97 Å². The minimum Gasteiger partial charge on any atom is -0.489 e. The van der Waals surface area contributed by atoms with Crippen LogP contribution in [0.1, 0.15) is 63.9 Å². The van der Waals surface area contributed by atoms with Gasteiger partial charge in [-0.2, -0.15) is 0 Å². The first-order valence-corrected chi connectivity index (χ1v) is 9.69. The SMILES string of the molecule is CC(C)=CCC/C(C)=C/CC/C(C)=C/COc1ccc2cc(C(=O)O)oc2c1. The Hall–Kier alpha value is -2.75. The van der Waals surface area contributed by atoms with Crippen molar-refractivity contribution < 1.29 is 19.1 Å². The summed E-state index contributed by atoms with van der Waals surface area (Å²) < 4.78 is 11.1. The highest BCUT2D eigenvalue weighted by molar-refractivity contribution is 5.91. The lowest BCUT2D eigenvalue weighted by molar-refractivity contribution is 0.0665. The number of hydrogen-bond acceptors (Lipinski definition) is 3. The second kappa shape index (κ2) is 10.5. The predicted octanol–water partition coefficient (Wildman–Crippen LogP) is 6.93. The van der Waals surface area contributed by atoms with Crippen molar-refractivity contribution in [3.05, 3.63) is 65.0 Å². The molecule has 0 fully saturated rings. The first-order valence-electron chi connectivity index (χ1n) is 9.69. The molecule has 0 spiro atoms. The Balaban J connectivity index is 1.79. The molecule has 0 aliphatic heterocycles. The molecule has 1 aromatic heterocycles. The molecule has 0 aliphatic rings. The largest absolute Gasteiger partial charge is 0.489 e. The van der Waals surface area contributed by atoms with Gasteiger partial charge in [-0.3, -0.25) is 0 Å².